The summed E-state index contributed by atoms with van der Waals surface area (Å²) >= 11 is 0. The molecule has 0 saturated heterocycles. The van der Waals surface area contributed by atoms with E-state index in [0.717, 1.165) is 22.1 Å². The summed E-state index contributed by atoms with van der Waals surface area (Å²) in [5.74, 6) is 0. The van der Waals surface area contributed by atoms with Crippen molar-refractivity contribution >= 4 is 11.4 Å². The molecular formula is C19H12N2. The molecule has 3 aromatic carbocycles. The molecule has 0 unspecified atom stereocenters. The largest absolute Gasteiger partial charge is 0.248 e. The summed E-state index contributed by atoms with van der Waals surface area (Å²) in [5, 5.41) is 7.00. The molecular weight excluding hydrogens is 256 g/mol. The number of nitrogens with zero attached hydrogens (tertiary/aromatic N) is 2. The van der Waals surface area contributed by atoms with Gasteiger partial charge in [0.15, 0.2) is 0 Å². The molecule has 0 bridgehead atoms. The summed E-state index contributed by atoms with van der Waals surface area (Å²) in [4.78, 5) is 9.61. The predicted molar refractivity (Wildman–Crippen MR) is 81.0 cm³/mol. The van der Waals surface area contributed by atoms with E-state index < -0.39 is 0 Å². The molecule has 0 spiro atoms. The molecule has 5 rings (SSSR count). The van der Waals surface area contributed by atoms with E-state index in [1.165, 1.54) is 26.4 Å². The second kappa shape index (κ2) is 3.67. The van der Waals surface area contributed by atoms with Gasteiger partial charge in [-0.25, -0.2) is 9.98 Å². The molecule has 0 atom stereocenters. The van der Waals surface area contributed by atoms with Crippen LogP contribution in [0.5, 0.6) is 0 Å². The van der Waals surface area contributed by atoms with Crippen LogP contribution in [0.3, 0.4) is 0 Å². The normalized spacial score (nSPS) is 12.8. The van der Waals surface area contributed by atoms with Gasteiger partial charge in [-0.2, -0.15) is 0 Å². The first-order valence-corrected chi connectivity index (χ1v) is 7.13. The maximum atomic E-state index is 4.82. The van der Waals surface area contributed by atoms with Crippen molar-refractivity contribution in [2.45, 2.75) is 6.92 Å². The van der Waals surface area contributed by atoms with Gasteiger partial charge in [0, 0.05) is 20.9 Å². The van der Waals surface area contributed by atoms with Gasteiger partial charge in [0.2, 0.25) is 0 Å². The first-order chi connectivity index (χ1) is 10.3. The molecule has 0 N–H and O–H groups in total. The van der Waals surface area contributed by atoms with Gasteiger partial charge in [0.1, 0.15) is 0 Å². The van der Waals surface area contributed by atoms with Gasteiger partial charge in [-0.1, -0.05) is 36.4 Å². The molecule has 0 fully saturated rings. The number of hydrogen-bond donors (Lipinski definition) is 0. The molecule has 98 valence electrons. The van der Waals surface area contributed by atoms with Crippen LogP contribution < -0.4 is 10.7 Å². The SMILES string of the molecule is Cc1c2c(cc3c1=c1ccccc1=N3)=c1ccccc1=N2. The Labute approximate surface area is 120 Å². The Morgan fingerprint density at radius 1 is 0.714 bits per heavy atom. The van der Waals surface area contributed by atoms with Crippen molar-refractivity contribution < 1.29 is 0 Å². The van der Waals surface area contributed by atoms with E-state index in [0.29, 0.717) is 0 Å². The van der Waals surface area contributed by atoms with Crippen molar-refractivity contribution in [3.8, 4) is 0 Å². The topological polar surface area (TPSA) is 24.7 Å². The second-order valence-corrected chi connectivity index (χ2v) is 5.55. The van der Waals surface area contributed by atoms with E-state index in [4.69, 9.17) is 9.98 Å². The number of para-hydroxylation sites is 2. The molecule has 2 heteroatoms. The Kier molecular flexibility index (Phi) is 1.92. The van der Waals surface area contributed by atoms with Gasteiger partial charge >= 0.3 is 0 Å². The van der Waals surface area contributed by atoms with Crippen LogP contribution in [0.25, 0.3) is 0 Å². The smallest absolute Gasteiger partial charge is 0.0753 e. The van der Waals surface area contributed by atoms with Crippen LogP contribution in [-0.4, -0.2) is 0 Å². The Balaban J connectivity index is 2.12. The molecule has 21 heavy (non-hydrogen) atoms. The van der Waals surface area contributed by atoms with E-state index in [1.807, 2.05) is 12.1 Å². The standard InChI is InChI=1S/C19H12N2/c1-11-18-13-7-3-5-9-16(13)20-17(18)10-14-12-6-2-4-8-15(12)21-19(11)14/h2-10H,1H3. The highest BCUT2D eigenvalue weighted by atomic mass is 14.8. The third kappa shape index (κ3) is 1.32. The van der Waals surface area contributed by atoms with Gasteiger partial charge in [0.25, 0.3) is 0 Å². The average molecular weight is 268 g/mol. The minimum atomic E-state index is 1.06. The van der Waals surface area contributed by atoms with Crippen molar-refractivity contribution in [2.75, 3.05) is 0 Å². The van der Waals surface area contributed by atoms with E-state index in [1.54, 1.807) is 0 Å². The second-order valence-electron chi connectivity index (χ2n) is 5.55. The fourth-order valence-electron chi connectivity index (χ4n) is 3.40. The van der Waals surface area contributed by atoms with Gasteiger partial charge in [0.05, 0.1) is 22.1 Å². The van der Waals surface area contributed by atoms with Crippen LogP contribution in [-0.2, 0) is 0 Å². The summed E-state index contributed by atoms with van der Waals surface area (Å²) in [7, 11) is 0. The molecule has 0 aliphatic carbocycles. The Bertz CT molecular complexity index is 1240. The monoisotopic (exact) mass is 268 g/mol. The summed E-state index contributed by atoms with van der Waals surface area (Å²) in [6.45, 7) is 2.16. The zero-order chi connectivity index (χ0) is 14.0. The van der Waals surface area contributed by atoms with Crippen molar-refractivity contribution in [3.05, 3.63) is 91.7 Å². The summed E-state index contributed by atoms with van der Waals surface area (Å²) in [6.07, 6.45) is 0. The van der Waals surface area contributed by atoms with Crippen molar-refractivity contribution in [1.82, 2.24) is 0 Å². The highest BCUT2D eigenvalue weighted by Crippen LogP contribution is 2.31. The first kappa shape index (κ1) is 11.0. The minimum absolute atomic E-state index is 1.06. The maximum Gasteiger partial charge on any atom is 0.0753 e. The lowest BCUT2D eigenvalue weighted by molar-refractivity contribution is 1.30. The lowest BCUT2D eigenvalue weighted by Gasteiger charge is -2.01. The predicted octanol–water partition coefficient (Wildman–Crippen LogP) is 3.10. The lowest BCUT2D eigenvalue weighted by atomic mass is 10.1. The van der Waals surface area contributed by atoms with Gasteiger partial charge in [-0.05, 0) is 30.7 Å². The molecule has 2 nitrogen and oxygen atoms in total. The number of hydrogen-bond acceptors (Lipinski definition) is 2. The van der Waals surface area contributed by atoms with E-state index in [2.05, 4.69) is 49.4 Å². The summed E-state index contributed by atoms with van der Waals surface area (Å²) < 4.78 is 0. The van der Waals surface area contributed by atoms with Crippen LogP contribution in [0.2, 0.25) is 0 Å². The number of benzene rings is 3. The average Bonchev–Trinajstić information content (AvgIpc) is 3.06. The number of rotatable bonds is 0. The molecule has 3 aromatic rings. The van der Waals surface area contributed by atoms with Gasteiger partial charge in [-0.15, -0.1) is 0 Å². The summed E-state index contributed by atoms with van der Waals surface area (Å²) in [5.41, 5.74) is 3.40. The van der Waals surface area contributed by atoms with Crippen LogP contribution in [0.1, 0.15) is 5.56 Å². The molecule has 2 aliphatic heterocycles. The third-order valence-electron chi connectivity index (χ3n) is 4.36. The molecule has 2 heterocycles. The van der Waals surface area contributed by atoms with Crippen LogP contribution >= 0.6 is 0 Å². The lowest BCUT2D eigenvalue weighted by Crippen LogP contribution is -1.98. The molecule has 0 aromatic heterocycles. The van der Waals surface area contributed by atoms with Crippen LogP contribution in [0, 0.1) is 27.8 Å². The Morgan fingerprint density at radius 2 is 1.38 bits per heavy atom. The van der Waals surface area contributed by atoms with Crippen molar-refractivity contribution in [2.24, 2.45) is 9.98 Å². The zero-order valence-corrected chi connectivity index (χ0v) is 11.6. The summed E-state index contributed by atoms with van der Waals surface area (Å²) in [6, 6.07) is 18.8. The molecule has 0 radical (unpaired) electrons. The van der Waals surface area contributed by atoms with Crippen molar-refractivity contribution in [3.63, 3.8) is 0 Å². The fraction of sp³-hybridized carbons (Fsp3) is 0.0526. The van der Waals surface area contributed by atoms with E-state index in [9.17, 15) is 0 Å². The van der Waals surface area contributed by atoms with Crippen molar-refractivity contribution in [1.29, 1.82) is 0 Å². The fourth-order valence-corrected chi connectivity index (χ4v) is 3.40. The van der Waals surface area contributed by atoms with Crippen LogP contribution in [0.15, 0.2) is 64.6 Å². The van der Waals surface area contributed by atoms with Crippen LogP contribution in [0.4, 0.5) is 11.4 Å². The highest BCUT2D eigenvalue weighted by Gasteiger charge is 2.14. The highest BCUT2D eigenvalue weighted by molar-refractivity contribution is 5.60. The van der Waals surface area contributed by atoms with Gasteiger partial charge < -0.3 is 0 Å². The first-order valence-electron chi connectivity index (χ1n) is 7.13. The Morgan fingerprint density at radius 3 is 2.19 bits per heavy atom. The van der Waals surface area contributed by atoms with E-state index >= 15 is 0 Å². The number of fused-ring (bicyclic) bond motifs is 4. The molecule has 2 aliphatic rings. The van der Waals surface area contributed by atoms with E-state index in [-0.39, 0.29) is 0 Å². The Hall–Kier alpha value is -2.74. The quantitative estimate of drug-likeness (QED) is 0.412. The molecule has 0 amide bonds. The molecule has 0 saturated carbocycles. The zero-order valence-electron chi connectivity index (χ0n) is 11.6. The third-order valence-corrected chi connectivity index (χ3v) is 4.36. The minimum Gasteiger partial charge on any atom is -0.248 e. The van der Waals surface area contributed by atoms with Gasteiger partial charge in [-0.3, -0.25) is 0 Å². The maximum absolute atomic E-state index is 4.82.